The van der Waals surface area contributed by atoms with Gasteiger partial charge >= 0.3 is 0 Å². The second kappa shape index (κ2) is 45.6. The summed E-state index contributed by atoms with van der Waals surface area (Å²) >= 11 is 11.1. The molecule has 0 unspecified atom stereocenters. The van der Waals surface area contributed by atoms with E-state index in [0.29, 0.717) is 17.5 Å². The highest BCUT2D eigenvalue weighted by atomic mass is 32.1. The van der Waals surface area contributed by atoms with Crippen molar-refractivity contribution in [2.75, 3.05) is 31.9 Å². The topological polar surface area (TPSA) is 291 Å². The normalized spacial score (nSPS) is 13.1. The Morgan fingerprint density at radius 1 is 0.248 bits per heavy atom. The first kappa shape index (κ1) is 103. The number of aryl methyl sites for hydroxylation is 12. The Labute approximate surface area is 858 Å². The van der Waals surface area contributed by atoms with Crippen LogP contribution in [-0.2, 0) is 86.6 Å². The van der Waals surface area contributed by atoms with Crippen molar-refractivity contribution in [3.8, 4) is 67.2 Å². The van der Waals surface area contributed by atoms with E-state index in [2.05, 4.69) is 124 Å². The first-order valence-corrected chi connectivity index (χ1v) is 52.8. The van der Waals surface area contributed by atoms with E-state index >= 15 is 0 Å². The molecule has 0 aliphatic heterocycles. The van der Waals surface area contributed by atoms with Gasteiger partial charge in [0.25, 0.3) is 23.6 Å². The van der Waals surface area contributed by atoms with Crippen molar-refractivity contribution in [3.63, 3.8) is 0 Å². The molecule has 6 amide bonds. The fraction of sp³-hybridized carbons (Fsp3) is 0.270. The summed E-state index contributed by atoms with van der Waals surface area (Å²) in [6.07, 6.45) is 35.6. The van der Waals surface area contributed by atoms with E-state index in [0.717, 1.165) is 140 Å². The van der Waals surface area contributed by atoms with E-state index < -0.39 is 81.0 Å². The van der Waals surface area contributed by atoms with Gasteiger partial charge in [0.2, 0.25) is 11.8 Å². The average molecular weight is 2070 g/mol. The van der Waals surface area contributed by atoms with Crippen molar-refractivity contribution in [3.05, 3.63) is 326 Å². The second-order valence-corrected chi connectivity index (χ2v) is 44.1. The standard InChI is InChI=1S/2C20H16F2N2OS.C19H15F2N3OS.C19H16FN3OS.C17H20N2OS.C16H19N3OS/c2*1-11-18(13-4-2-7-16(13)26-11)12-8-9-17(23-10-12)24-20(25)19-14(21)5-3-6-15(19)22;1-10-17(11-4-2-7-15(11)26-10)14-8-23-16(9-22-14)24-19(25)18-12(20)5-3-6-13(18)21;1-11-18(13-6-4-8-16(13)25-11)15-9-22-17(10-21-15)23-19(24)12-5-2-3-7-14(12)20;1-10(2)17(20)19-15-8-7-12(9-18-15)16-11(3)21-14-6-4-5-13(14)16;1-9(2)16(20)19-14-8-17-12(7-18-14)15-10(3)21-13-6-4-5-11(13)15/h2*3,5-6,8-10H,2,4,7H2,1H3,(H,23,24,25);3,5-6,8-9H,2,4,7H2,1H3,(H,23,24,25);2-3,5,7,9-10H,4,6,8H2,1H3,(H,22,23,24);7-10H,4-6H2,1-3H3,(H,18,19,20);7-9H,4-6H2,1-3H3,(H,18,19,20). The minimum absolute atomic E-state index is 0.00264. The van der Waals surface area contributed by atoms with Crippen molar-refractivity contribution >= 4 is 138 Å². The molecule has 6 aliphatic carbocycles. The molecule has 4 aromatic carbocycles. The molecule has 0 saturated heterocycles. The lowest BCUT2D eigenvalue weighted by atomic mass is 10.0. The average Bonchev–Trinajstić information content (AvgIpc) is 1.65. The Kier molecular flexibility index (Phi) is 32.2. The van der Waals surface area contributed by atoms with E-state index in [-0.39, 0.29) is 46.7 Å². The van der Waals surface area contributed by atoms with Gasteiger partial charge in [0.05, 0.1) is 59.8 Å². The number of nitrogens with zero attached hydrogens (tertiary/aromatic N) is 9. The SMILES string of the molecule is Cc1sc2c(c1-c1ccc(NC(=O)C(C)C)nc1)CCC2.Cc1sc2c(c1-c1ccc(NC(=O)c3c(F)cccc3F)nc1)CCC2.Cc1sc2c(c1-c1ccc(NC(=O)c3c(F)cccc3F)nc1)CCC2.Cc1sc2c(c1-c1cnc(NC(=O)C(C)C)cn1)CCC2.Cc1sc2c(c1-c1cnc(NC(=O)c3c(F)cccc3F)cn1)CCC2.Cc1sc2c(c1-c1cnc(NC(=O)c3ccccc3F)cn1)CCC2. The Bertz CT molecular complexity index is 7000. The van der Waals surface area contributed by atoms with E-state index in [9.17, 15) is 59.5 Å². The smallest absolute Gasteiger partial charge is 0.262 e. The zero-order valence-electron chi connectivity index (χ0n) is 81.1. The van der Waals surface area contributed by atoms with Gasteiger partial charge in [-0.05, 0) is 275 Å². The third-order valence-electron chi connectivity index (χ3n) is 25.7. The highest BCUT2D eigenvalue weighted by Crippen LogP contribution is 2.48. The minimum Gasteiger partial charge on any atom is -0.310 e. The van der Waals surface area contributed by atoms with Gasteiger partial charge in [-0.3, -0.25) is 43.7 Å². The molecule has 6 N–H and O–H groups in total. The summed E-state index contributed by atoms with van der Waals surface area (Å²) < 4.78 is 95.9. The molecular weight excluding hydrogens is 1960 g/mol. The zero-order valence-corrected chi connectivity index (χ0v) is 86.0. The minimum atomic E-state index is -0.920. The van der Waals surface area contributed by atoms with Crippen LogP contribution < -0.4 is 31.9 Å². The van der Waals surface area contributed by atoms with Crippen LogP contribution in [-0.4, -0.2) is 80.3 Å². The van der Waals surface area contributed by atoms with Crippen LogP contribution in [0.4, 0.5) is 65.6 Å². The third-order valence-corrected chi connectivity index (χ3v) is 32.9. The van der Waals surface area contributed by atoms with Gasteiger partial charge in [-0.2, -0.15) is 0 Å². The molecular formula is C111H102F7N15O6S6. The van der Waals surface area contributed by atoms with Crippen molar-refractivity contribution in [2.24, 2.45) is 11.8 Å². The van der Waals surface area contributed by atoms with Gasteiger partial charge in [-0.15, -0.1) is 68.0 Å². The van der Waals surface area contributed by atoms with Gasteiger partial charge in [0.15, 0.2) is 17.5 Å². The first-order valence-electron chi connectivity index (χ1n) is 47.9. The Morgan fingerprint density at radius 3 is 0.745 bits per heavy atom. The number of nitrogens with one attached hydrogen (secondary N) is 6. The number of carbonyl (C=O) groups excluding carboxylic acids is 6. The summed E-state index contributed by atoms with van der Waals surface area (Å²) in [4.78, 5) is 127. The summed E-state index contributed by atoms with van der Waals surface area (Å²) in [6, 6.07) is 26.8. The summed E-state index contributed by atoms with van der Waals surface area (Å²) in [7, 11) is 0. The number of halogens is 7. The molecule has 34 heteroatoms. The molecule has 0 radical (unpaired) electrons. The molecule has 22 rings (SSSR count). The van der Waals surface area contributed by atoms with Crippen LogP contribution in [0.5, 0.6) is 0 Å². The lowest BCUT2D eigenvalue weighted by Crippen LogP contribution is -2.18. The van der Waals surface area contributed by atoms with Crippen molar-refractivity contribution in [1.29, 1.82) is 0 Å². The van der Waals surface area contributed by atoms with Gasteiger partial charge in [-0.25, -0.2) is 60.6 Å². The Morgan fingerprint density at radius 2 is 0.483 bits per heavy atom. The molecule has 6 aliphatic rings. The number of hydrogen-bond donors (Lipinski definition) is 6. The number of rotatable bonds is 18. The molecule has 16 aromatic rings. The van der Waals surface area contributed by atoms with Crippen LogP contribution >= 0.6 is 68.0 Å². The summed E-state index contributed by atoms with van der Waals surface area (Å²) in [5, 5.41) is 15.5. The fourth-order valence-corrected chi connectivity index (χ4v) is 26.5. The largest absolute Gasteiger partial charge is 0.310 e. The predicted molar refractivity (Wildman–Crippen MR) is 563 cm³/mol. The van der Waals surface area contributed by atoms with Crippen LogP contribution in [0.15, 0.2) is 171 Å². The molecule has 742 valence electrons. The van der Waals surface area contributed by atoms with Crippen molar-refractivity contribution < 1.29 is 59.5 Å². The quantitative estimate of drug-likeness (QED) is 0.0435. The number of amides is 6. The Hall–Kier alpha value is -13.9. The fourth-order valence-electron chi connectivity index (χ4n) is 18.8. The molecule has 12 heterocycles. The number of anilines is 6. The molecule has 0 bridgehead atoms. The lowest BCUT2D eigenvalue weighted by Gasteiger charge is -2.08. The van der Waals surface area contributed by atoms with Gasteiger partial charge in [0, 0.05) is 139 Å². The second-order valence-electron chi connectivity index (χ2n) is 36.3. The molecule has 145 heavy (non-hydrogen) atoms. The monoisotopic (exact) mass is 2070 g/mol. The molecule has 21 nitrogen and oxygen atoms in total. The van der Waals surface area contributed by atoms with Crippen LogP contribution in [0.3, 0.4) is 0 Å². The molecule has 0 saturated carbocycles. The van der Waals surface area contributed by atoms with E-state index in [1.54, 1.807) is 77.7 Å². The third kappa shape index (κ3) is 23.2. The molecule has 12 aromatic heterocycles. The van der Waals surface area contributed by atoms with E-state index in [4.69, 9.17) is 0 Å². The number of benzene rings is 4. The number of aromatic nitrogens is 9. The number of pyridine rings is 3. The maximum absolute atomic E-state index is 13.7. The summed E-state index contributed by atoms with van der Waals surface area (Å²) in [6.45, 7) is 20.2. The van der Waals surface area contributed by atoms with E-state index in [1.807, 2.05) is 109 Å². The molecule has 0 fully saturated rings. The van der Waals surface area contributed by atoms with Crippen LogP contribution in [0.25, 0.3) is 67.2 Å². The summed E-state index contributed by atoms with van der Waals surface area (Å²) in [5.41, 5.74) is 19.6. The first-order chi connectivity index (χ1) is 69.9. The predicted octanol–water partition coefficient (Wildman–Crippen LogP) is 27.0. The highest BCUT2D eigenvalue weighted by Gasteiger charge is 2.31. The van der Waals surface area contributed by atoms with Gasteiger partial charge < -0.3 is 31.9 Å². The molecule has 0 spiro atoms. The summed E-state index contributed by atoms with van der Waals surface area (Å²) in [5.74, 6) is -7.16. The number of hydrogen-bond acceptors (Lipinski definition) is 21. The van der Waals surface area contributed by atoms with Crippen molar-refractivity contribution in [2.45, 2.75) is 185 Å². The number of fused-ring (bicyclic) bond motifs is 6. The molecule has 0 atom stereocenters. The van der Waals surface area contributed by atoms with Gasteiger partial charge in [-0.1, -0.05) is 58.0 Å². The lowest BCUT2D eigenvalue weighted by molar-refractivity contribution is -0.119. The highest BCUT2D eigenvalue weighted by molar-refractivity contribution is 7.14. The zero-order chi connectivity index (χ0) is 102. The van der Waals surface area contributed by atoms with Gasteiger partial charge in [0.1, 0.15) is 74.9 Å². The van der Waals surface area contributed by atoms with Crippen molar-refractivity contribution in [1.82, 2.24) is 44.9 Å². The van der Waals surface area contributed by atoms with Crippen LogP contribution in [0, 0.1) is 94.1 Å². The van der Waals surface area contributed by atoms with Crippen LogP contribution in [0.2, 0.25) is 0 Å². The maximum atomic E-state index is 13.7. The van der Waals surface area contributed by atoms with Crippen LogP contribution in [0.1, 0.15) is 200 Å². The maximum Gasteiger partial charge on any atom is 0.262 e. The number of thiophene rings is 6. The number of carbonyl (C=O) groups is 6. The van der Waals surface area contributed by atoms with E-state index in [1.165, 1.54) is 209 Å². The Balaban J connectivity index is 0.000000119.